The van der Waals surface area contributed by atoms with Crippen molar-refractivity contribution in [2.45, 2.75) is 45.5 Å². The Hall–Kier alpha value is -0.0800. The molecule has 1 aliphatic carbocycles. The molecule has 12 heavy (non-hydrogen) atoms. The van der Waals surface area contributed by atoms with Crippen molar-refractivity contribution in [3.63, 3.8) is 0 Å². The van der Waals surface area contributed by atoms with E-state index in [0.29, 0.717) is 6.10 Å². The normalized spacial score (nSPS) is 53.8. The first-order chi connectivity index (χ1) is 5.61. The summed E-state index contributed by atoms with van der Waals surface area (Å²) in [6, 6.07) is 0. The molecule has 1 spiro atoms. The van der Waals surface area contributed by atoms with Gasteiger partial charge in [0.15, 0.2) is 5.79 Å². The smallest absolute Gasteiger partial charge is 0.169 e. The number of hydrogen-bond donors (Lipinski definition) is 0. The summed E-state index contributed by atoms with van der Waals surface area (Å²) in [4.78, 5) is 0. The highest BCUT2D eigenvalue weighted by Gasteiger charge is 2.47. The lowest BCUT2D eigenvalue weighted by molar-refractivity contribution is -0.163. The zero-order valence-electron chi connectivity index (χ0n) is 8.17. The summed E-state index contributed by atoms with van der Waals surface area (Å²) in [7, 11) is 0. The van der Waals surface area contributed by atoms with E-state index in [4.69, 9.17) is 9.47 Å². The molecule has 2 heteroatoms. The van der Waals surface area contributed by atoms with Gasteiger partial charge in [0.1, 0.15) is 0 Å². The average Bonchev–Trinajstić information content (AvgIpc) is 2.42. The molecule has 0 aromatic carbocycles. The van der Waals surface area contributed by atoms with Gasteiger partial charge in [-0.25, -0.2) is 0 Å². The molecule has 2 nitrogen and oxygen atoms in total. The third-order valence-electron chi connectivity index (χ3n) is 3.23. The topological polar surface area (TPSA) is 18.5 Å². The van der Waals surface area contributed by atoms with Gasteiger partial charge in [-0.3, -0.25) is 0 Å². The van der Waals surface area contributed by atoms with Crippen LogP contribution in [0.25, 0.3) is 0 Å². The third kappa shape index (κ3) is 1.27. The van der Waals surface area contributed by atoms with E-state index in [-0.39, 0.29) is 5.79 Å². The predicted octanol–water partition coefficient (Wildman–Crippen LogP) is 2.18. The lowest BCUT2D eigenvalue weighted by Gasteiger charge is -2.21. The Morgan fingerprint density at radius 1 is 1.08 bits per heavy atom. The van der Waals surface area contributed by atoms with Crippen molar-refractivity contribution in [1.29, 1.82) is 0 Å². The molecule has 1 saturated carbocycles. The molecule has 4 atom stereocenters. The molecule has 1 heterocycles. The molecule has 0 aromatic heterocycles. The first kappa shape index (κ1) is 8.52. The minimum atomic E-state index is -0.196. The fraction of sp³-hybridized carbons (Fsp3) is 1.00. The third-order valence-corrected chi connectivity index (χ3v) is 3.23. The van der Waals surface area contributed by atoms with Gasteiger partial charge in [0, 0.05) is 12.8 Å². The van der Waals surface area contributed by atoms with Crippen LogP contribution < -0.4 is 0 Å². The van der Waals surface area contributed by atoms with Crippen LogP contribution in [0, 0.1) is 11.8 Å². The highest BCUT2D eigenvalue weighted by Crippen LogP contribution is 2.45. The Bertz CT molecular complexity index is 169. The van der Waals surface area contributed by atoms with Crippen LogP contribution >= 0.6 is 0 Å². The van der Waals surface area contributed by atoms with Crippen molar-refractivity contribution < 1.29 is 9.47 Å². The maximum Gasteiger partial charge on any atom is 0.169 e. The van der Waals surface area contributed by atoms with Gasteiger partial charge in [0.2, 0.25) is 0 Å². The predicted molar refractivity (Wildman–Crippen MR) is 46.8 cm³/mol. The van der Waals surface area contributed by atoms with Gasteiger partial charge in [0.25, 0.3) is 0 Å². The van der Waals surface area contributed by atoms with Crippen LogP contribution in [0.3, 0.4) is 0 Å². The monoisotopic (exact) mass is 170 g/mol. The highest BCUT2D eigenvalue weighted by molar-refractivity contribution is 4.89. The van der Waals surface area contributed by atoms with E-state index in [9.17, 15) is 0 Å². The van der Waals surface area contributed by atoms with Crippen molar-refractivity contribution in [3.8, 4) is 0 Å². The molecule has 1 saturated heterocycles. The Morgan fingerprint density at radius 3 is 2.08 bits per heavy atom. The standard InChI is InChI=1S/C10H18O2/c1-7-4-10(5-8(7)2)11-6-9(3)12-10/h7-9H,4-6H2,1-3H3/t7-,8?,9?,10?/m0/s1. The van der Waals surface area contributed by atoms with E-state index >= 15 is 0 Å². The highest BCUT2D eigenvalue weighted by atomic mass is 16.7. The number of rotatable bonds is 0. The molecule has 2 aliphatic rings. The zero-order valence-corrected chi connectivity index (χ0v) is 8.17. The minimum absolute atomic E-state index is 0.196. The van der Waals surface area contributed by atoms with Gasteiger partial charge in [-0.2, -0.15) is 0 Å². The second-order valence-electron chi connectivity index (χ2n) is 4.51. The summed E-state index contributed by atoms with van der Waals surface area (Å²) in [5.74, 6) is 1.30. The summed E-state index contributed by atoms with van der Waals surface area (Å²) in [5, 5.41) is 0. The molecular weight excluding hydrogens is 152 g/mol. The van der Waals surface area contributed by atoms with E-state index < -0.39 is 0 Å². The Labute approximate surface area is 74.2 Å². The number of ether oxygens (including phenoxy) is 2. The summed E-state index contributed by atoms with van der Waals surface area (Å²) in [6.07, 6.45) is 2.46. The molecule has 3 unspecified atom stereocenters. The van der Waals surface area contributed by atoms with Crippen LogP contribution in [0.1, 0.15) is 33.6 Å². The van der Waals surface area contributed by atoms with Crippen LogP contribution in [0.2, 0.25) is 0 Å². The molecule has 70 valence electrons. The quantitative estimate of drug-likeness (QED) is 0.555. The zero-order chi connectivity index (χ0) is 8.77. The Morgan fingerprint density at radius 2 is 1.67 bits per heavy atom. The van der Waals surface area contributed by atoms with Gasteiger partial charge in [-0.05, 0) is 18.8 Å². The first-order valence-electron chi connectivity index (χ1n) is 4.93. The average molecular weight is 170 g/mol. The second-order valence-corrected chi connectivity index (χ2v) is 4.51. The number of hydrogen-bond acceptors (Lipinski definition) is 2. The van der Waals surface area contributed by atoms with Crippen LogP contribution in [0.5, 0.6) is 0 Å². The van der Waals surface area contributed by atoms with Crippen LogP contribution in [0.4, 0.5) is 0 Å². The lowest BCUT2D eigenvalue weighted by atomic mass is 10.0. The van der Waals surface area contributed by atoms with Gasteiger partial charge in [0.05, 0.1) is 12.7 Å². The van der Waals surface area contributed by atoms with E-state index in [0.717, 1.165) is 31.3 Å². The minimum Gasteiger partial charge on any atom is -0.347 e. The van der Waals surface area contributed by atoms with Gasteiger partial charge in [-0.15, -0.1) is 0 Å². The van der Waals surface area contributed by atoms with Crippen LogP contribution in [-0.4, -0.2) is 18.5 Å². The summed E-state index contributed by atoms with van der Waals surface area (Å²) < 4.78 is 11.6. The molecule has 2 rings (SSSR count). The van der Waals surface area contributed by atoms with Gasteiger partial charge in [-0.1, -0.05) is 13.8 Å². The maximum absolute atomic E-state index is 5.83. The molecule has 0 radical (unpaired) electrons. The summed E-state index contributed by atoms with van der Waals surface area (Å²) in [6.45, 7) is 7.44. The summed E-state index contributed by atoms with van der Waals surface area (Å²) in [5.41, 5.74) is 0. The van der Waals surface area contributed by atoms with Crippen molar-refractivity contribution >= 4 is 0 Å². The fourth-order valence-electron chi connectivity index (χ4n) is 2.38. The van der Waals surface area contributed by atoms with Crippen LogP contribution in [-0.2, 0) is 9.47 Å². The van der Waals surface area contributed by atoms with E-state index in [1.807, 2.05) is 0 Å². The molecular formula is C10H18O2. The Balaban J connectivity index is 2.05. The van der Waals surface area contributed by atoms with E-state index in [1.165, 1.54) is 0 Å². The molecule has 1 aliphatic heterocycles. The molecule has 0 bridgehead atoms. The van der Waals surface area contributed by atoms with Crippen molar-refractivity contribution in [2.75, 3.05) is 6.61 Å². The molecule has 0 amide bonds. The van der Waals surface area contributed by atoms with Crippen molar-refractivity contribution in [2.24, 2.45) is 11.8 Å². The first-order valence-corrected chi connectivity index (χ1v) is 4.93. The fourth-order valence-corrected chi connectivity index (χ4v) is 2.38. The van der Waals surface area contributed by atoms with Gasteiger partial charge >= 0.3 is 0 Å². The van der Waals surface area contributed by atoms with E-state index in [1.54, 1.807) is 0 Å². The largest absolute Gasteiger partial charge is 0.347 e. The van der Waals surface area contributed by atoms with E-state index in [2.05, 4.69) is 20.8 Å². The molecule has 2 fully saturated rings. The van der Waals surface area contributed by atoms with Gasteiger partial charge < -0.3 is 9.47 Å². The lowest BCUT2D eigenvalue weighted by Crippen LogP contribution is -2.27. The molecule has 0 aromatic rings. The van der Waals surface area contributed by atoms with Crippen LogP contribution in [0.15, 0.2) is 0 Å². The molecule has 0 N–H and O–H groups in total. The Kier molecular flexibility index (Phi) is 1.92. The maximum atomic E-state index is 5.83. The SMILES string of the molecule is CC1COC2(CC(C)[C@@H](C)C2)O1. The van der Waals surface area contributed by atoms with Crippen molar-refractivity contribution in [3.05, 3.63) is 0 Å². The second kappa shape index (κ2) is 2.71. The summed E-state index contributed by atoms with van der Waals surface area (Å²) >= 11 is 0. The van der Waals surface area contributed by atoms with Crippen molar-refractivity contribution in [1.82, 2.24) is 0 Å².